The Kier molecular flexibility index (Phi) is 4.92. The summed E-state index contributed by atoms with van der Waals surface area (Å²) in [7, 11) is 0. The highest BCUT2D eigenvalue weighted by molar-refractivity contribution is 5.91. The van der Waals surface area contributed by atoms with Crippen LogP contribution in [0.25, 0.3) is 5.69 Å². The van der Waals surface area contributed by atoms with Crippen molar-refractivity contribution in [3.05, 3.63) is 47.3 Å². The molecule has 0 bridgehead atoms. The van der Waals surface area contributed by atoms with E-state index in [4.69, 9.17) is 10.5 Å². The summed E-state index contributed by atoms with van der Waals surface area (Å²) >= 11 is 0. The number of morpholine rings is 1. The van der Waals surface area contributed by atoms with E-state index in [1.807, 2.05) is 12.1 Å². The molecule has 1 saturated heterocycles. The second kappa shape index (κ2) is 6.98. The zero-order chi connectivity index (χ0) is 18.0. The molecule has 1 fully saturated rings. The average Bonchev–Trinajstić information content (AvgIpc) is 3.02. The van der Waals surface area contributed by atoms with Gasteiger partial charge in [0.15, 0.2) is 0 Å². The average molecular weight is 342 g/mol. The third kappa shape index (κ3) is 4.08. The summed E-state index contributed by atoms with van der Waals surface area (Å²) in [6.07, 6.45) is 0. The second-order valence-corrected chi connectivity index (χ2v) is 7.50. The molecular formula is C19H26N4O2. The number of hydrogen-bond donors (Lipinski definition) is 1. The predicted molar refractivity (Wildman–Crippen MR) is 96.9 cm³/mol. The summed E-state index contributed by atoms with van der Waals surface area (Å²) in [5, 5.41) is 4.64. The number of nitrogens with two attached hydrogens (primary N) is 1. The fourth-order valence-electron chi connectivity index (χ4n) is 2.92. The van der Waals surface area contributed by atoms with Crippen LogP contribution in [0.5, 0.6) is 0 Å². The smallest absolute Gasteiger partial charge is 0.267 e. The normalized spacial score (nSPS) is 16.1. The molecule has 1 aliphatic heterocycles. The molecule has 1 amide bonds. The second-order valence-electron chi connectivity index (χ2n) is 7.50. The Balaban J connectivity index is 1.92. The zero-order valence-corrected chi connectivity index (χ0v) is 15.2. The van der Waals surface area contributed by atoms with Crippen LogP contribution in [0.2, 0.25) is 0 Å². The molecular weight excluding hydrogens is 316 g/mol. The van der Waals surface area contributed by atoms with Gasteiger partial charge in [0.2, 0.25) is 0 Å². The first-order chi connectivity index (χ1) is 11.8. The first kappa shape index (κ1) is 17.6. The summed E-state index contributed by atoms with van der Waals surface area (Å²) in [6.45, 7) is 10.5. The van der Waals surface area contributed by atoms with E-state index in [1.165, 1.54) is 5.56 Å². The van der Waals surface area contributed by atoms with E-state index in [2.05, 4.69) is 42.9 Å². The lowest BCUT2D eigenvalue weighted by molar-refractivity contribution is 0.0342. The lowest BCUT2D eigenvalue weighted by Crippen LogP contribution is -2.35. The number of nitrogens with zero attached hydrogens (tertiary/aromatic N) is 3. The molecule has 134 valence electrons. The van der Waals surface area contributed by atoms with Gasteiger partial charge in [-0.25, -0.2) is 4.68 Å². The highest BCUT2D eigenvalue weighted by Gasteiger charge is 2.22. The molecule has 6 nitrogen and oxygen atoms in total. The van der Waals surface area contributed by atoms with Crippen molar-refractivity contribution >= 4 is 5.91 Å². The molecule has 0 radical (unpaired) electrons. The standard InChI is InChI=1S/C19H26N4O2/c1-19(2,3)17-12-16(18(20)24)23(21-17)15-6-4-5-14(11-15)13-22-7-9-25-10-8-22/h4-6,11-12H,7-10,13H2,1-3H3,(H2,20,24). The highest BCUT2D eigenvalue weighted by Crippen LogP contribution is 2.24. The molecule has 0 atom stereocenters. The molecule has 2 aromatic rings. The quantitative estimate of drug-likeness (QED) is 0.923. The molecule has 0 unspecified atom stereocenters. The number of amides is 1. The van der Waals surface area contributed by atoms with Crippen LogP contribution in [0.4, 0.5) is 0 Å². The number of hydrogen-bond acceptors (Lipinski definition) is 4. The van der Waals surface area contributed by atoms with E-state index >= 15 is 0 Å². The maximum absolute atomic E-state index is 11.9. The van der Waals surface area contributed by atoms with Gasteiger partial charge < -0.3 is 10.5 Å². The number of benzene rings is 1. The van der Waals surface area contributed by atoms with E-state index in [1.54, 1.807) is 10.7 Å². The number of aromatic nitrogens is 2. The van der Waals surface area contributed by atoms with Gasteiger partial charge in [-0.2, -0.15) is 5.10 Å². The lowest BCUT2D eigenvalue weighted by atomic mass is 9.92. The van der Waals surface area contributed by atoms with Crippen molar-refractivity contribution in [3.63, 3.8) is 0 Å². The molecule has 0 aliphatic carbocycles. The van der Waals surface area contributed by atoms with Gasteiger partial charge in [0.1, 0.15) is 5.69 Å². The fraction of sp³-hybridized carbons (Fsp3) is 0.474. The van der Waals surface area contributed by atoms with E-state index in [9.17, 15) is 4.79 Å². The maximum atomic E-state index is 11.9. The Morgan fingerprint density at radius 3 is 2.60 bits per heavy atom. The van der Waals surface area contributed by atoms with Gasteiger partial charge in [0.25, 0.3) is 5.91 Å². The van der Waals surface area contributed by atoms with Gasteiger partial charge in [0, 0.05) is 25.0 Å². The summed E-state index contributed by atoms with van der Waals surface area (Å²) in [5.41, 5.74) is 8.72. The zero-order valence-electron chi connectivity index (χ0n) is 15.2. The summed E-state index contributed by atoms with van der Waals surface area (Å²) < 4.78 is 7.06. The molecule has 3 rings (SSSR count). The van der Waals surface area contributed by atoms with E-state index in [-0.39, 0.29) is 5.41 Å². The van der Waals surface area contributed by atoms with Crippen molar-refractivity contribution < 1.29 is 9.53 Å². The van der Waals surface area contributed by atoms with Crippen molar-refractivity contribution in [3.8, 4) is 5.69 Å². The predicted octanol–water partition coefficient (Wildman–Crippen LogP) is 2.10. The molecule has 0 spiro atoms. The molecule has 1 aromatic carbocycles. The van der Waals surface area contributed by atoms with Crippen LogP contribution >= 0.6 is 0 Å². The molecule has 6 heteroatoms. The number of carbonyl (C=O) groups is 1. The lowest BCUT2D eigenvalue weighted by Gasteiger charge is -2.26. The molecule has 2 N–H and O–H groups in total. The van der Waals surface area contributed by atoms with Crippen molar-refractivity contribution in [1.29, 1.82) is 0 Å². The monoisotopic (exact) mass is 342 g/mol. The van der Waals surface area contributed by atoms with E-state index in [0.29, 0.717) is 5.69 Å². The molecule has 2 heterocycles. The summed E-state index contributed by atoms with van der Waals surface area (Å²) in [6, 6.07) is 9.90. The van der Waals surface area contributed by atoms with Crippen LogP contribution < -0.4 is 5.73 Å². The molecule has 0 saturated carbocycles. The van der Waals surface area contributed by atoms with Gasteiger partial charge in [-0.05, 0) is 23.8 Å². The molecule has 1 aromatic heterocycles. The number of primary amides is 1. The Hall–Kier alpha value is -2.18. The Labute approximate surface area is 148 Å². The van der Waals surface area contributed by atoms with Crippen LogP contribution in [0.15, 0.2) is 30.3 Å². The minimum atomic E-state index is -0.471. The summed E-state index contributed by atoms with van der Waals surface area (Å²) in [5.74, 6) is -0.471. The third-order valence-electron chi connectivity index (χ3n) is 4.40. The van der Waals surface area contributed by atoms with Gasteiger partial charge in [-0.15, -0.1) is 0 Å². The Morgan fingerprint density at radius 1 is 1.24 bits per heavy atom. The van der Waals surface area contributed by atoms with Crippen LogP contribution in [-0.4, -0.2) is 46.9 Å². The minimum Gasteiger partial charge on any atom is -0.379 e. The summed E-state index contributed by atoms with van der Waals surface area (Å²) in [4.78, 5) is 14.2. The van der Waals surface area contributed by atoms with Crippen molar-refractivity contribution in [2.75, 3.05) is 26.3 Å². The first-order valence-corrected chi connectivity index (χ1v) is 8.64. The van der Waals surface area contributed by atoms with Crippen LogP contribution in [0.1, 0.15) is 42.5 Å². The van der Waals surface area contributed by atoms with Crippen LogP contribution in [-0.2, 0) is 16.7 Å². The van der Waals surface area contributed by atoms with Gasteiger partial charge in [-0.3, -0.25) is 9.69 Å². The van der Waals surface area contributed by atoms with Crippen LogP contribution in [0.3, 0.4) is 0 Å². The third-order valence-corrected chi connectivity index (χ3v) is 4.40. The molecule has 1 aliphatic rings. The van der Waals surface area contributed by atoms with Crippen molar-refractivity contribution in [2.45, 2.75) is 32.7 Å². The van der Waals surface area contributed by atoms with Crippen LogP contribution in [0, 0.1) is 0 Å². The topological polar surface area (TPSA) is 73.4 Å². The van der Waals surface area contributed by atoms with E-state index in [0.717, 1.165) is 44.2 Å². The SMILES string of the molecule is CC(C)(C)c1cc(C(N)=O)n(-c2cccc(CN3CCOCC3)c2)n1. The molecule has 25 heavy (non-hydrogen) atoms. The fourth-order valence-corrected chi connectivity index (χ4v) is 2.92. The largest absolute Gasteiger partial charge is 0.379 e. The first-order valence-electron chi connectivity index (χ1n) is 8.64. The highest BCUT2D eigenvalue weighted by atomic mass is 16.5. The van der Waals surface area contributed by atoms with Gasteiger partial charge in [-0.1, -0.05) is 32.9 Å². The van der Waals surface area contributed by atoms with E-state index < -0.39 is 5.91 Å². The minimum absolute atomic E-state index is 0.152. The Bertz CT molecular complexity index is 755. The van der Waals surface area contributed by atoms with Crippen molar-refractivity contribution in [2.24, 2.45) is 5.73 Å². The number of ether oxygens (including phenoxy) is 1. The number of rotatable bonds is 4. The Morgan fingerprint density at radius 2 is 1.96 bits per heavy atom. The van der Waals surface area contributed by atoms with Crippen molar-refractivity contribution in [1.82, 2.24) is 14.7 Å². The van der Waals surface area contributed by atoms with Gasteiger partial charge in [0.05, 0.1) is 24.6 Å². The number of carbonyl (C=O) groups excluding carboxylic acids is 1. The maximum Gasteiger partial charge on any atom is 0.267 e. The van der Waals surface area contributed by atoms with Gasteiger partial charge >= 0.3 is 0 Å².